The van der Waals surface area contributed by atoms with Crippen LogP contribution in [-0.2, 0) is 4.79 Å². The van der Waals surface area contributed by atoms with Crippen LogP contribution in [0.15, 0.2) is 29.3 Å². The number of benzene rings is 1. The minimum Gasteiger partial charge on any atom is -0.508 e. The molecule has 3 aliphatic rings. The van der Waals surface area contributed by atoms with Crippen LogP contribution in [0.4, 0.5) is 0 Å². The summed E-state index contributed by atoms with van der Waals surface area (Å²) in [6, 6.07) is 4.11. The van der Waals surface area contributed by atoms with Crippen LogP contribution in [0.5, 0.6) is 5.75 Å². The lowest BCUT2D eigenvalue weighted by Crippen LogP contribution is -2.68. The van der Waals surface area contributed by atoms with Crippen molar-refractivity contribution in [2.75, 3.05) is 0 Å². The van der Waals surface area contributed by atoms with Crippen LogP contribution < -0.4 is 0 Å². The van der Waals surface area contributed by atoms with Gasteiger partial charge in [0.2, 0.25) is 5.78 Å². The minimum absolute atomic E-state index is 0.0580. The fraction of sp³-hybridized carbons (Fsp3) is 0.474. The van der Waals surface area contributed by atoms with E-state index in [1.807, 2.05) is 6.92 Å². The van der Waals surface area contributed by atoms with E-state index in [0.29, 0.717) is 18.4 Å². The summed E-state index contributed by atoms with van der Waals surface area (Å²) in [5.41, 5.74) is -4.28. The van der Waals surface area contributed by atoms with E-state index in [9.17, 15) is 30.0 Å². The van der Waals surface area contributed by atoms with Gasteiger partial charge in [-0.25, -0.2) is 0 Å². The number of aliphatic hydroxyl groups excluding tert-OH is 1. The fourth-order valence-electron chi connectivity index (χ4n) is 4.75. The van der Waals surface area contributed by atoms with Gasteiger partial charge in [0.15, 0.2) is 11.4 Å². The Balaban J connectivity index is 2.01. The normalized spacial score (nSPS) is 37.4. The SMILES string of the molecule is CC1CC(=O)C2=C(CCC3(O)C(O)c4c(O)cccc4C(=O)C23O)C1. The molecule has 6 heteroatoms. The summed E-state index contributed by atoms with van der Waals surface area (Å²) in [6.45, 7) is 1.93. The zero-order chi connectivity index (χ0) is 18.1. The van der Waals surface area contributed by atoms with E-state index < -0.39 is 23.1 Å². The summed E-state index contributed by atoms with van der Waals surface area (Å²) in [7, 11) is 0. The number of ketones is 2. The van der Waals surface area contributed by atoms with Gasteiger partial charge in [0.25, 0.3) is 0 Å². The highest BCUT2D eigenvalue weighted by Gasteiger charge is 2.68. The zero-order valence-corrected chi connectivity index (χ0v) is 13.8. The van der Waals surface area contributed by atoms with Crippen LogP contribution in [0.1, 0.15) is 54.6 Å². The van der Waals surface area contributed by atoms with Crippen molar-refractivity contribution in [3.63, 3.8) is 0 Å². The van der Waals surface area contributed by atoms with E-state index in [1.54, 1.807) is 0 Å². The number of aliphatic hydroxyl groups is 3. The molecule has 4 atom stereocenters. The number of allylic oxidation sites excluding steroid dienone is 1. The maximum absolute atomic E-state index is 13.1. The molecule has 1 aromatic carbocycles. The minimum atomic E-state index is -2.49. The molecule has 132 valence electrons. The molecule has 0 saturated heterocycles. The van der Waals surface area contributed by atoms with Crippen molar-refractivity contribution >= 4 is 11.6 Å². The Bertz CT molecular complexity index is 840. The monoisotopic (exact) mass is 344 g/mol. The molecule has 0 spiro atoms. The highest BCUT2D eigenvalue weighted by molar-refractivity contribution is 6.16. The summed E-state index contributed by atoms with van der Waals surface area (Å²) in [4.78, 5) is 25.8. The first kappa shape index (κ1) is 16.4. The third-order valence-electron chi connectivity index (χ3n) is 5.94. The Kier molecular flexibility index (Phi) is 3.29. The summed E-state index contributed by atoms with van der Waals surface area (Å²) in [5, 5.41) is 43.3. The molecule has 25 heavy (non-hydrogen) atoms. The van der Waals surface area contributed by atoms with Gasteiger partial charge < -0.3 is 20.4 Å². The number of phenols is 1. The van der Waals surface area contributed by atoms with Crippen molar-refractivity contribution < 1.29 is 30.0 Å². The maximum atomic E-state index is 13.1. The van der Waals surface area contributed by atoms with Crippen LogP contribution in [0.3, 0.4) is 0 Å². The lowest BCUT2D eigenvalue weighted by molar-refractivity contribution is -0.184. The number of rotatable bonds is 0. The number of phenolic OH excluding ortho intramolecular Hbond substituents is 1. The quantitative estimate of drug-likeness (QED) is 0.562. The molecular weight excluding hydrogens is 324 g/mol. The van der Waals surface area contributed by atoms with E-state index in [1.165, 1.54) is 18.2 Å². The highest BCUT2D eigenvalue weighted by Crippen LogP contribution is 2.56. The van der Waals surface area contributed by atoms with Gasteiger partial charge in [-0.2, -0.15) is 0 Å². The second-order valence-corrected chi connectivity index (χ2v) is 7.52. The van der Waals surface area contributed by atoms with E-state index in [4.69, 9.17) is 0 Å². The summed E-state index contributed by atoms with van der Waals surface area (Å²) < 4.78 is 0. The number of carbonyl (C=O) groups excluding carboxylic acids is 2. The van der Waals surface area contributed by atoms with E-state index in [2.05, 4.69) is 0 Å². The van der Waals surface area contributed by atoms with Gasteiger partial charge in [0.1, 0.15) is 17.5 Å². The molecule has 0 amide bonds. The highest BCUT2D eigenvalue weighted by atomic mass is 16.4. The first-order valence-electron chi connectivity index (χ1n) is 8.47. The van der Waals surface area contributed by atoms with Crippen LogP contribution in [0.25, 0.3) is 0 Å². The average Bonchev–Trinajstić information content (AvgIpc) is 2.55. The third-order valence-corrected chi connectivity index (χ3v) is 5.94. The fourth-order valence-corrected chi connectivity index (χ4v) is 4.75. The Labute approximate surface area is 144 Å². The third kappa shape index (κ3) is 1.84. The second kappa shape index (κ2) is 5.00. The van der Waals surface area contributed by atoms with Gasteiger partial charge in [-0.05, 0) is 31.2 Å². The molecule has 3 aliphatic carbocycles. The van der Waals surface area contributed by atoms with E-state index in [-0.39, 0.29) is 47.0 Å². The largest absolute Gasteiger partial charge is 0.508 e. The number of hydrogen-bond donors (Lipinski definition) is 4. The number of carbonyl (C=O) groups is 2. The maximum Gasteiger partial charge on any atom is 0.202 e. The van der Waals surface area contributed by atoms with Gasteiger partial charge in [0.05, 0.1) is 0 Å². The van der Waals surface area contributed by atoms with E-state index in [0.717, 1.165) is 0 Å². The molecule has 4 N–H and O–H groups in total. The molecule has 4 unspecified atom stereocenters. The molecule has 0 fully saturated rings. The average molecular weight is 344 g/mol. The Hall–Kier alpha value is -2.02. The molecule has 4 rings (SSSR count). The van der Waals surface area contributed by atoms with Crippen molar-refractivity contribution in [2.24, 2.45) is 5.92 Å². The smallest absolute Gasteiger partial charge is 0.202 e. The van der Waals surface area contributed by atoms with Crippen LogP contribution in [0, 0.1) is 5.92 Å². The Morgan fingerprint density at radius 1 is 1.16 bits per heavy atom. The van der Waals surface area contributed by atoms with Crippen molar-refractivity contribution in [3.05, 3.63) is 40.5 Å². The van der Waals surface area contributed by atoms with Crippen LogP contribution in [0.2, 0.25) is 0 Å². The van der Waals surface area contributed by atoms with Crippen molar-refractivity contribution in [2.45, 2.75) is 49.9 Å². The molecule has 0 saturated carbocycles. The number of aromatic hydroxyl groups is 1. The lowest BCUT2D eigenvalue weighted by atomic mass is 9.55. The topological polar surface area (TPSA) is 115 Å². The summed E-state index contributed by atoms with van der Waals surface area (Å²) >= 11 is 0. The van der Waals surface area contributed by atoms with Crippen LogP contribution >= 0.6 is 0 Å². The molecular formula is C19H20O6. The van der Waals surface area contributed by atoms with Gasteiger partial charge in [-0.1, -0.05) is 24.6 Å². The number of Topliss-reactive ketones (excluding diaryl/α,β-unsaturated/α-hetero) is 2. The van der Waals surface area contributed by atoms with Gasteiger partial charge in [-0.15, -0.1) is 0 Å². The molecule has 0 radical (unpaired) electrons. The van der Waals surface area contributed by atoms with Gasteiger partial charge in [0, 0.05) is 23.1 Å². The molecule has 6 nitrogen and oxygen atoms in total. The Morgan fingerprint density at radius 3 is 2.60 bits per heavy atom. The van der Waals surface area contributed by atoms with Gasteiger partial charge >= 0.3 is 0 Å². The Morgan fingerprint density at radius 2 is 1.88 bits per heavy atom. The molecule has 0 aromatic heterocycles. The molecule has 1 aromatic rings. The van der Waals surface area contributed by atoms with Crippen LogP contribution in [-0.4, -0.2) is 43.2 Å². The predicted octanol–water partition coefficient (Wildman–Crippen LogP) is 1.17. The van der Waals surface area contributed by atoms with Gasteiger partial charge in [-0.3, -0.25) is 9.59 Å². The first-order chi connectivity index (χ1) is 11.7. The molecule has 0 bridgehead atoms. The number of hydrogen-bond acceptors (Lipinski definition) is 6. The zero-order valence-electron chi connectivity index (χ0n) is 13.8. The number of fused-ring (bicyclic) bond motifs is 3. The molecule has 0 aliphatic heterocycles. The predicted molar refractivity (Wildman–Crippen MR) is 87.0 cm³/mol. The first-order valence-corrected chi connectivity index (χ1v) is 8.47. The van der Waals surface area contributed by atoms with E-state index >= 15 is 0 Å². The van der Waals surface area contributed by atoms with Crippen molar-refractivity contribution in [1.82, 2.24) is 0 Å². The van der Waals surface area contributed by atoms with Crippen molar-refractivity contribution in [3.8, 4) is 5.75 Å². The standard InChI is InChI=1S/C19H20O6/c1-9-7-10-5-6-18(24)17(23)14-11(3-2-4-12(14)20)16(22)19(18,25)15(10)13(21)8-9/h2-4,9,17,20,23-25H,5-8H2,1H3. The lowest BCUT2D eigenvalue weighted by Gasteiger charge is -2.53. The summed E-state index contributed by atoms with van der Waals surface area (Å²) in [5.74, 6) is -1.42. The summed E-state index contributed by atoms with van der Waals surface area (Å²) in [6.07, 6.45) is -0.656. The molecule has 0 heterocycles. The van der Waals surface area contributed by atoms with Crippen molar-refractivity contribution in [1.29, 1.82) is 0 Å². The second-order valence-electron chi connectivity index (χ2n) is 7.52.